The monoisotopic (exact) mass is 478 g/mol. The van der Waals surface area contributed by atoms with E-state index in [0.29, 0.717) is 56.6 Å². The average molecular weight is 479 g/mol. The fourth-order valence-electron chi connectivity index (χ4n) is 4.17. The molecule has 32 heavy (non-hydrogen) atoms. The van der Waals surface area contributed by atoms with Crippen LogP contribution in [0.15, 0.2) is 24.3 Å². The van der Waals surface area contributed by atoms with Gasteiger partial charge in [-0.1, -0.05) is 30.7 Å². The van der Waals surface area contributed by atoms with Crippen LogP contribution in [0.5, 0.6) is 0 Å². The Kier molecular flexibility index (Phi) is 7.34. The van der Waals surface area contributed by atoms with Crippen LogP contribution in [0.25, 0.3) is 0 Å². The van der Waals surface area contributed by atoms with Crippen LogP contribution in [0.3, 0.4) is 0 Å². The van der Waals surface area contributed by atoms with E-state index >= 15 is 0 Å². The fourth-order valence-corrected chi connectivity index (χ4v) is 5.88. The Morgan fingerprint density at radius 2 is 1.91 bits per heavy atom. The fraction of sp³-hybridized carbons (Fsp3) is 0.565. The lowest BCUT2D eigenvalue weighted by Crippen LogP contribution is -2.49. The number of sulfonamides is 1. The van der Waals surface area contributed by atoms with Crippen molar-refractivity contribution in [3.63, 3.8) is 0 Å². The van der Waals surface area contributed by atoms with Crippen molar-refractivity contribution >= 4 is 27.4 Å². The van der Waals surface area contributed by atoms with Gasteiger partial charge in [0.2, 0.25) is 10.0 Å². The van der Waals surface area contributed by atoms with Gasteiger partial charge in [-0.3, -0.25) is 0 Å². The molecule has 0 atom stereocenters. The minimum Gasteiger partial charge on any atom is -0.378 e. The van der Waals surface area contributed by atoms with E-state index in [1.54, 1.807) is 11.4 Å². The van der Waals surface area contributed by atoms with Gasteiger partial charge >= 0.3 is 0 Å². The maximum absolute atomic E-state index is 12.5. The smallest absolute Gasteiger partial charge is 0.214 e. The number of piperazine rings is 1. The molecule has 1 aliphatic heterocycles. The van der Waals surface area contributed by atoms with Crippen LogP contribution in [-0.4, -0.2) is 61.7 Å². The van der Waals surface area contributed by atoms with Gasteiger partial charge in [0.1, 0.15) is 11.6 Å². The number of methoxy groups -OCH3 is 1. The first-order valence-electron chi connectivity index (χ1n) is 11.3. The number of aromatic nitrogens is 2. The molecule has 7 nitrogen and oxygen atoms in total. The molecule has 0 amide bonds. The number of anilines is 1. The van der Waals surface area contributed by atoms with Crippen LogP contribution >= 0.6 is 11.6 Å². The van der Waals surface area contributed by atoms with Gasteiger partial charge in [-0.2, -0.15) is 4.31 Å². The summed E-state index contributed by atoms with van der Waals surface area (Å²) in [5.74, 6) is 2.39. The second kappa shape index (κ2) is 10.0. The molecule has 2 aromatic rings. The van der Waals surface area contributed by atoms with Gasteiger partial charge in [0.05, 0.1) is 18.1 Å². The molecule has 4 rings (SSSR count). The van der Waals surface area contributed by atoms with Crippen molar-refractivity contribution in [2.24, 2.45) is 0 Å². The number of benzene rings is 1. The van der Waals surface area contributed by atoms with E-state index in [1.165, 1.54) is 0 Å². The molecule has 0 N–H and O–H groups in total. The van der Waals surface area contributed by atoms with Gasteiger partial charge in [0.15, 0.2) is 0 Å². The molecule has 2 aliphatic rings. The molecule has 1 aliphatic carbocycles. The maximum Gasteiger partial charge on any atom is 0.214 e. The molecule has 174 valence electrons. The summed E-state index contributed by atoms with van der Waals surface area (Å²) in [4.78, 5) is 12.1. The first kappa shape index (κ1) is 23.4. The summed E-state index contributed by atoms with van der Waals surface area (Å²) >= 11 is 6.23. The minimum atomic E-state index is -3.19. The highest BCUT2D eigenvalue weighted by Crippen LogP contribution is 2.40. The third kappa shape index (κ3) is 5.42. The highest BCUT2D eigenvalue weighted by molar-refractivity contribution is 7.89. The number of rotatable bonds is 9. The predicted octanol–water partition coefficient (Wildman–Crippen LogP) is 3.61. The first-order chi connectivity index (χ1) is 15.4. The zero-order chi connectivity index (χ0) is 22.7. The standard InChI is InChI=1S/C23H31ClN4O3S/c1-3-13-32(29,30)28-11-9-27(10-12-28)23-20(15-17-5-4-6-19(24)14-17)21(16-31-2)25-22(26-23)18-7-8-18/h4-6,14,18H,3,7-13,15-16H2,1-2H3. The van der Waals surface area contributed by atoms with Crippen LogP contribution in [0.1, 0.15) is 54.7 Å². The Morgan fingerprint density at radius 1 is 1.16 bits per heavy atom. The van der Waals surface area contributed by atoms with Crippen molar-refractivity contribution in [2.75, 3.05) is 43.9 Å². The molecular formula is C23H31ClN4O3S. The van der Waals surface area contributed by atoms with Gasteiger partial charge in [0.25, 0.3) is 0 Å². The van der Waals surface area contributed by atoms with Gasteiger partial charge < -0.3 is 9.64 Å². The van der Waals surface area contributed by atoms with E-state index in [4.69, 9.17) is 26.3 Å². The van der Waals surface area contributed by atoms with Crippen molar-refractivity contribution in [1.29, 1.82) is 0 Å². The minimum absolute atomic E-state index is 0.199. The van der Waals surface area contributed by atoms with Gasteiger partial charge in [0, 0.05) is 56.2 Å². The number of nitrogens with zero attached hydrogens (tertiary/aromatic N) is 4. The Morgan fingerprint density at radius 3 is 2.53 bits per heavy atom. The highest BCUT2D eigenvalue weighted by Gasteiger charge is 2.32. The second-order valence-electron chi connectivity index (χ2n) is 8.55. The molecule has 9 heteroatoms. The highest BCUT2D eigenvalue weighted by atomic mass is 35.5. The number of ether oxygens (including phenoxy) is 1. The van der Waals surface area contributed by atoms with Gasteiger partial charge in [-0.25, -0.2) is 18.4 Å². The third-order valence-corrected chi connectivity index (χ3v) is 8.29. The predicted molar refractivity (Wildman–Crippen MR) is 127 cm³/mol. The molecule has 0 spiro atoms. The summed E-state index contributed by atoms with van der Waals surface area (Å²) in [5, 5.41) is 0.697. The normalized spacial score (nSPS) is 17.7. The lowest BCUT2D eigenvalue weighted by molar-refractivity contribution is 0.180. The number of halogens is 1. The SMILES string of the molecule is CCCS(=O)(=O)N1CCN(c2nc(C3CC3)nc(COC)c2Cc2cccc(Cl)c2)CC1. The molecule has 1 aromatic carbocycles. The first-order valence-corrected chi connectivity index (χ1v) is 13.3. The lowest BCUT2D eigenvalue weighted by atomic mass is 10.0. The van der Waals surface area contributed by atoms with Crippen LogP contribution in [0, 0.1) is 0 Å². The Balaban J connectivity index is 1.66. The Hall–Kier alpha value is -1.74. The van der Waals surface area contributed by atoms with Crippen LogP contribution in [0.4, 0.5) is 5.82 Å². The third-order valence-electron chi connectivity index (χ3n) is 5.98. The molecule has 0 radical (unpaired) electrons. The van der Waals surface area contributed by atoms with Crippen LogP contribution in [-0.2, 0) is 27.8 Å². The lowest BCUT2D eigenvalue weighted by Gasteiger charge is -2.36. The number of hydrogen-bond donors (Lipinski definition) is 0. The Bertz CT molecular complexity index is 1050. The summed E-state index contributed by atoms with van der Waals surface area (Å²) in [7, 11) is -1.51. The van der Waals surface area contributed by atoms with Crippen LogP contribution < -0.4 is 4.90 Å². The molecule has 2 heterocycles. The van der Waals surface area contributed by atoms with Gasteiger partial charge in [-0.15, -0.1) is 0 Å². The van der Waals surface area contributed by atoms with Crippen molar-refractivity contribution < 1.29 is 13.2 Å². The van der Waals surface area contributed by atoms with E-state index < -0.39 is 10.0 Å². The maximum atomic E-state index is 12.5. The summed E-state index contributed by atoms with van der Waals surface area (Å²) in [6, 6.07) is 7.83. The van der Waals surface area contributed by atoms with Crippen molar-refractivity contribution in [1.82, 2.24) is 14.3 Å². The average Bonchev–Trinajstić information content (AvgIpc) is 3.61. The molecule has 0 unspecified atom stereocenters. The van der Waals surface area contributed by atoms with Crippen molar-refractivity contribution in [3.8, 4) is 0 Å². The van der Waals surface area contributed by atoms with Crippen molar-refractivity contribution in [3.05, 3.63) is 51.9 Å². The zero-order valence-corrected chi connectivity index (χ0v) is 20.3. The van der Waals surface area contributed by atoms with Crippen molar-refractivity contribution in [2.45, 2.75) is 45.1 Å². The summed E-state index contributed by atoms with van der Waals surface area (Å²) in [5.41, 5.74) is 3.02. The number of hydrogen-bond acceptors (Lipinski definition) is 6. The summed E-state index contributed by atoms with van der Waals surface area (Å²) in [6.45, 7) is 4.48. The molecule has 1 saturated carbocycles. The van der Waals surface area contributed by atoms with E-state index in [2.05, 4.69) is 11.0 Å². The van der Waals surface area contributed by atoms with E-state index in [1.807, 2.05) is 25.1 Å². The molecule has 1 aromatic heterocycles. The zero-order valence-electron chi connectivity index (χ0n) is 18.8. The molecule has 2 fully saturated rings. The summed E-state index contributed by atoms with van der Waals surface area (Å²) < 4.78 is 32.1. The van der Waals surface area contributed by atoms with Gasteiger partial charge in [-0.05, 0) is 37.0 Å². The largest absolute Gasteiger partial charge is 0.378 e. The molecular weight excluding hydrogens is 448 g/mol. The van der Waals surface area contributed by atoms with E-state index in [0.717, 1.165) is 41.3 Å². The Labute approximate surface area is 195 Å². The summed E-state index contributed by atoms with van der Waals surface area (Å²) in [6.07, 6.45) is 3.50. The second-order valence-corrected chi connectivity index (χ2v) is 11.1. The van der Waals surface area contributed by atoms with E-state index in [-0.39, 0.29) is 5.75 Å². The quantitative estimate of drug-likeness (QED) is 0.548. The molecule has 0 bridgehead atoms. The topological polar surface area (TPSA) is 75.6 Å². The van der Waals surface area contributed by atoms with E-state index in [9.17, 15) is 8.42 Å². The molecule has 1 saturated heterocycles. The van der Waals surface area contributed by atoms with Crippen LogP contribution in [0.2, 0.25) is 5.02 Å².